The number of carbonyl (C=O) groups excluding carboxylic acids is 1. The topological polar surface area (TPSA) is 86.3 Å². The van der Waals surface area contributed by atoms with Crippen molar-refractivity contribution in [3.63, 3.8) is 0 Å². The molecule has 31 heavy (non-hydrogen) atoms. The Morgan fingerprint density at radius 3 is 2.81 bits per heavy atom. The highest BCUT2D eigenvalue weighted by Crippen LogP contribution is 2.21. The summed E-state index contributed by atoms with van der Waals surface area (Å²) in [5.41, 5.74) is 5.45. The Hall–Kier alpha value is -3.68. The summed E-state index contributed by atoms with van der Waals surface area (Å²) < 4.78 is 8.88. The molecule has 160 valence electrons. The highest BCUT2D eigenvalue weighted by atomic mass is 16.5. The van der Waals surface area contributed by atoms with Gasteiger partial charge in [0.05, 0.1) is 24.4 Å². The van der Waals surface area contributed by atoms with Gasteiger partial charge in [-0.2, -0.15) is 9.61 Å². The van der Waals surface area contributed by atoms with Gasteiger partial charge in [-0.05, 0) is 32.4 Å². The van der Waals surface area contributed by atoms with Crippen LogP contribution >= 0.6 is 0 Å². The third-order valence-electron chi connectivity index (χ3n) is 5.22. The summed E-state index contributed by atoms with van der Waals surface area (Å²) in [7, 11) is 1.98. The maximum Gasteiger partial charge on any atom is 0.311 e. The number of nitrogens with one attached hydrogen (secondary N) is 1. The third-order valence-corrected chi connectivity index (χ3v) is 5.22. The van der Waals surface area contributed by atoms with Crippen molar-refractivity contribution in [2.45, 2.75) is 33.7 Å². The van der Waals surface area contributed by atoms with Crippen molar-refractivity contribution in [3.05, 3.63) is 65.2 Å². The van der Waals surface area contributed by atoms with Crippen molar-refractivity contribution < 1.29 is 9.53 Å². The molecule has 4 aromatic rings. The Labute approximate surface area is 180 Å². The van der Waals surface area contributed by atoms with Crippen LogP contribution in [0.4, 0.5) is 5.82 Å². The smallest absolute Gasteiger partial charge is 0.311 e. The molecule has 3 aromatic heterocycles. The number of anilines is 1. The first kappa shape index (κ1) is 20.6. The SMILES string of the molecule is CCOC(=O)Cc1cc(NCc2cccc(-c3nccn3C)c2)n2nc(C)c(C)c2n1. The minimum Gasteiger partial charge on any atom is -0.466 e. The molecule has 1 N–H and O–H groups in total. The van der Waals surface area contributed by atoms with Gasteiger partial charge in [-0.15, -0.1) is 0 Å². The first-order valence-electron chi connectivity index (χ1n) is 10.3. The molecule has 0 aliphatic carbocycles. The lowest BCUT2D eigenvalue weighted by atomic mass is 10.1. The van der Waals surface area contributed by atoms with Gasteiger partial charge in [0.15, 0.2) is 5.65 Å². The van der Waals surface area contributed by atoms with E-state index in [1.807, 2.05) is 49.9 Å². The average molecular weight is 419 g/mol. The maximum atomic E-state index is 12.0. The summed E-state index contributed by atoms with van der Waals surface area (Å²) in [4.78, 5) is 21.1. The van der Waals surface area contributed by atoms with E-state index in [0.29, 0.717) is 18.8 Å². The van der Waals surface area contributed by atoms with Crippen LogP contribution in [0.1, 0.15) is 29.4 Å². The summed E-state index contributed by atoms with van der Waals surface area (Å²) >= 11 is 0. The van der Waals surface area contributed by atoms with Crippen molar-refractivity contribution in [2.24, 2.45) is 7.05 Å². The Morgan fingerprint density at radius 2 is 2.06 bits per heavy atom. The van der Waals surface area contributed by atoms with E-state index in [4.69, 9.17) is 4.74 Å². The minimum atomic E-state index is -0.290. The van der Waals surface area contributed by atoms with Gasteiger partial charge in [0.1, 0.15) is 11.6 Å². The van der Waals surface area contributed by atoms with E-state index in [-0.39, 0.29) is 12.4 Å². The van der Waals surface area contributed by atoms with E-state index in [1.165, 1.54) is 0 Å². The highest BCUT2D eigenvalue weighted by Gasteiger charge is 2.15. The van der Waals surface area contributed by atoms with Gasteiger partial charge in [0, 0.05) is 43.2 Å². The molecular formula is C23H26N6O2. The van der Waals surface area contributed by atoms with E-state index in [9.17, 15) is 4.79 Å². The summed E-state index contributed by atoms with van der Waals surface area (Å²) in [6.07, 6.45) is 3.85. The lowest BCUT2D eigenvalue weighted by Crippen LogP contribution is -2.12. The third kappa shape index (κ3) is 4.28. The molecule has 0 saturated heterocycles. The summed E-state index contributed by atoms with van der Waals surface area (Å²) in [5, 5.41) is 8.07. The zero-order valence-corrected chi connectivity index (χ0v) is 18.2. The van der Waals surface area contributed by atoms with Gasteiger partial charge in [-0.1, -0.05) is 18.2 Å². The molecule has 0 unspecified atom stereocenters. The number of fused-ring (bicyclic) bond motifs is 1. The zero-order chi connectivity index (χ0) is 22.0. The molecule has 3 heterocycles. The van der Waals surface area contributed by atoms with Crippen LogP contribution in [0.5, 0.6) is 0 Å². The van der Waals surface area contributed by atoms with E-state index in [1.54, 1.807) is 17.6 Å². The molecule has 0 radical (unpaired) electrons. The number of aromatic nitrogens is 5. The Morgan fingerprint density at radius 1 is 1.23 bits per heavy atom. The monoisotopic (exact) mass is 418 g/mol. The van der Waals surface area contributed by atoms with Crippen LogP contribution in [0.25, 0.3) is 17.0 Å². The number of ether oxygens (including phenoxy) is 1. The number of benzene rings is 1. The van der Waals surface area contributed by atoms with Gasteiger partial charge in [-0.25, -0.2) is 9.97 Å². The van der Waals surface area contributed by atoms with Gasteiger partial charge in [0.2, 0.25) is 0 Å². The first-order valence-corrected chi connectivity index (χ1v) is 10.3. The summed E-state index contributed by atoms with van der Waals surface area (Å²) in [6.45, 7) is 6.68. The second-order valence-corrected chi connectivity index (χ2v) is 7.48. The Kier molecular flexibility index (Phi) is 5.70. The number of aryl methyl sites for hydroxylation is 3. The van der Waals surface area contributed by atoms with Crippen LogP contribution in [0, 0.1) is 13.8 Å². The molecule has 0 saturated carbocycles. The lowest BCUT2D eigenvalue weighted by Gasteiger charge is -2.12. The fourth-order valence-electron chi connectivity index (χ4n) is 3.51. The minimum absolute atomic E-state index is 0.122. The molecule has 0 aliphatic rings. The molecule has 8 nitrogen and oxygen atoms in total. The number of imidazole rings is 1. The number of hydrogen-bond acceptors (Lipinski definition) is 6. The second kappa shape index (κ2) is 8.59. The Bertz CT molecular complexity index is 1240. The van der Waals surface area contributed by atoms with E-state index < -0.39 is 0 Å². The van der Waals surface area contributed by atoms with Crippen molar-refractivity contribution in [1.29, 1.82) is 0 Å². The molecule has 0 atom stereocenters. The van der Waals surface area contributed by atoms with Gasteiger partial charge in [-0.3, -0.25) is 4.79 Å². The Balaban J connectivity index is 1.63. The molecule has 4 rings (SSSR count). The predicted octanol–water partition coefficient (Wildman–Crippen LogP) is 3.46. The number of rotatable bonds is 7. The molecule has 0 spiro atoms. The summed E-state index contributed by atoms with van der Waals surface area (Å²) in [5.74, 6) is 1.41. The van der Waals surface area contributed by atoms with Crippen LogP contribution in [0.15, 0.2) is 42.7 Å². The highest BCUT2D eigenvalue weighted by molar-refractivity contribution is 5.73. The van der Waals surface area contributed by atoms with Crippen LogP contribution in [0.2, 0.25) is 0 Å². The van der Waals surface area contributed by atoms with Gasteiger partial charge >= 0.3 is 5.97 Å². The average Bonchev–Trinajstić information content (AvgIpc) is 3.30. The normalized spacial score (nSPS) is 11.1. The fraction of sp³-hybridized carbons (Fsp3) is 0.304. The van der Waals surface area contributed by atoms with Crippen molar-refractivity contribution in [3.8, 4) is 11.4 Å². The second-order valence-electron chi connectivity index (χ2n) is 7.48. The van der Waals surface area contributed by atoms with Crippen LogP contribution in [-0.2, 0) is 29.5 Å². The zero-order valence-electron chi connectivity index (χ0n) is 18.2. The molecule has 0 fully saturated rings. The molecule has 1 aromatic carbocycles. The summed E-state index contributed by atoms with van der Waals surface area (Å²) in [6, 6.07) is 10.1. The molecule has 8 heteroatoms. The maximum absolute atomic E-state index is 12.0. The van der Waals surface area contributed by atoms with E-state index in [2.05, 4.69) is 32.5 Å². The molecule has 0 amide bonds. The molecular weight excluding hydrogens is 392 g/mol. The quantitative estimate of drug-likeness (QED) is 0.463. The van der Waals surface area contributed by atoms with Gasteiger partial charge in [0.25, 0.3) is 0 Å². The standard InChI is InChI=1S/C23H26N6O2/c1-5-31-21(30)13-19-12-20(29-22(26-19)15(2)16(3)27-29)25-14-17-7-6-8-18(11-17)23-24-9-10-28(23)4/h6-12,25H,5,13-14H2,1-4H3. The molecule has 0 bridgehead atoms. The lowest BCUT2D eigenvalue weighted by molar-refractivity contribution is -0.142. The number of esters is 1. The predicted molar refractivity (Wildman–Crippen MR) is 119 cm³/mol. The fourth-order valence-corrected chi connectivity index (χ4v) is 3.51. The van der Waals surface area contributed by atoms with Crippen molar-refractivity contribution in [1.82, 2.24) is 24.1 Å². The van der Waals surface area contributed by atoms with Gasteiger partial charge < -0.3 is 14.6 Å². The molecule has 0 aliphatic heterocycles. The van der Waals surface area contributed by atoms with Crippen LogP contribution in [-0.4, -0.2) is 36.7 Å². The number of nitrogens with zero attached hydrogens (tertiary/aromatic N) is 5. The van der Waals surface area contributed by atoms with Crippen molar-refractivity contribution >= 4 is 17.4 Å². The van der Waals surface area contributed by atoms with Crippen LogP contribution < -0.4 is 5.32 Å². The first-order chi connectivity index (χ1) is 15.0. The number of hydrogen-bond donors (Lipinski definition) is 1. The number of carbonyl (C=O) groups is 1. The van der Waals surface area contributed by atoms with E-state index in [0.717, 1.165) is 39.7 Å². The van der Waals surface area contributed by atoms with E-state index >= 15 is 0 Å². The van der Waals surface area contributed by atoms with Crippen LogP contribution in [0.3, 0.4) is 0 Å². The van der Waals surface area contributed by atoms with Crippen molar-refractivity contribution in [2.75, 3.05) is 11.9 Å². The largest absolute Gasteiger partial charge is 0.466 e.